The Bertz CT molecular complexity index is 597. The Morgan fingerprint density at radius 2 is 1.95 bits per heavy atom. The fraction of sp³-hybridized carbons (Fsp3) is 0.333. The molecule has 106 valence electrons. The molecule has 0 unspecified atom stereocenters. The molecular formula is C15H18N2O2S. The number of benzene rings is 1. The summed E-state index contributed by atoms with van der Waals surface area (Å²) in [6.07, 6.45) is 1.56. The molecule has 2 N–H and O–H groups in total. The van der Waals surface area contributed by atoms with Crippen molar-refractivity contribution >= 4 is 22.4 Å². The minimum Gasteiger partial charge on any atom is -0.391 e. The molecule has 0 saturated carbocycles. The zero-order valence-electron chi connectivity index (χ0n) is 11.8. The molecule has 0 atom stereocenters. The molecule has 0 fully saturated rings. The van der Waals surface area contributed by atoms with Crippen molar-refractivity contribution in [2.75, 3.05) is 5.32 Å². The van der Waals surface area contributed by atoms with Gasteiger partial charge in [0.25, 0.3) is 5.91 Å². The third-order valence-electron chi connectivity index (χ3n) is 2.94. The molecule has 0 spiro atoms. The van der Waals surface area contributed by atoms with Crippen LogP contribution >= 0.6 is 11.3 Å². The third kappa shape index (κ3) is 3.43. The van der Waals surface area contributed by atoms with E-state index < -0.39 is 0 Å². The van der Waals surface area contributed by atoms with Gasteiger partial charge in [-0.15, -0.1) is 0 Å². The summed E-state index contributed by atoms with van der Waals surface area (Å²) in [5, 5.41) is 12.2. The molecule has 2 rings (SSSR count). The Morgan fingerprint density at radius 3 is 2.45 bits per heavy atom. The van der Waals surface area contributed by atoms with Crippen molar-refractivity contribution in [3.63, 3.8) is 0 Å². The summed E-state index contributed by atoms with van der Waals surface area (Å²) in [7, 11) is 0. The number of hydrogen-bond acceptors (Lipinski definition) is 4. The normalized spacial score (nSPS) is 11.4. The first-order valence-electron chi connectivity index (χ1n) is 6.37. The molecule has 1 heterocycles. The van der Waals surface area contributed by atoms with Gasteiger partial charge in [-0.3, -0.25) is 10.1 Å². The number of anilines is 1. The van der Waals surface area contributed by atoms with Gasteiger partial charge in [-0.25, -0.2) is 4.98 Å². The number of thiazole rings is 1. The molecular weight excluding hydrogens is 272 g/mol. The maximum Gasteiger partial charge on any atom is 0.257 e. The van der Waals surface area contributed by atoms with Crippen LogP contribution in [0.25, 0.3) is 0 Å². The summed E-state index contributed by atoms with van der Waals surface area (Å²) < 4.78 is 0. The molecule has 0 aliphatic heterocycles. The van der Waals surface area contributed by atoms with Crippen molar-refractivity contribution < 1.29 is 9.90 Å². The highest BCUT2D eigenvalue weighted by molar-refractivity contribution is 7.15. The first-order chi connectivity index (χ1) is 9.40. The maximum absolute atomic E-state index is 12.1. The molecule has 0 bridgehead atoms. The first kappa shape index (κ1) is 14.7. The quantitative estimate of drug-likeness (QED) is 0.912. The van der Waals surface area contributed by atoms with Crippen molar-refractivity contribution in [1.82, 2.24) is 4.98 Å². The second-order valence-corrected chi connectivity index (χ2v) is 6.69. The lowest BCUT2D eigenvalue weighted by atomic mass is 9.87. The van der Waals surface area contributed by atoms with E-state index >= 15 is 0 Å². The Hall–Kier alpha value is -1.72. The van der Waals surface area contributed by atoms with Gasteiger partial charge in [-0.1, -0.05) is 44.2 Å². The number of nitrogens with one attached hydrogen (secondary N) is 1. The van der Waals surface area contributed by atoms with E-state index in [0.29, 0.717) is 10.7 Å². The minimum atomic E-state index is -0.190. The Morgan fingerprint density at radius 1 is 1.30 bits per heavy atom. The van der Waals surface area contributed by atoms with Gasteiger partial charge in [-0.2, -0.15) is 0 Å². The molecule has 1 amide bonds. The lowest BCUT2D eigenvalue weighted by Crippen LogP contribution is -2.14. The van der Waals surface area contributed by atoms with Gasteiger partial charge in [0, 0.05) is 11.8 Å². The van der Waals surface area contributed by atoms with Gasteiger partial charge in [0.1, 0.15) is 0 Å². The smallest absolute Gasteiger partial charge is 0.257 e. The SMILES string of the molecule is CC(C)(C)c1ccc(C(=O)Nc2ncc(CO)s2)cc1. The molecule has 20 heavy (non-hydrogen) atoms. The van der Waals surface area contributed by atoms with E-state index in [1.807, 2.05) is 24.3 Å². The molecule has 1 aromatic carbocycles. The van der Waals surface area contributed by atoms with Crippen LogP contribution in [0.4, 0.5) is 5.13 Å². The maximum atomic E-state index is 12.1. The van der Waals surface area contributed by atoms with Crippen molar-refractivity contribution in [2.24, 2.45) is 0 Å². The van der Waals surface area contributed by atoms with Crippen LogP contribution in [0.1, 0.15) is 41.6 Å². The standard InChI is InChI=1S/C15H18N2O2S/c1-15(2,3)11-6-4-10(5-7-11)13(19)17-14-16-8-12(9-18)20-14/h4-8,18H,9H2,1-3H3,(H,16,17,19). The number of aliphatic hydroxyl groups is 1. The number of rotatable bonds is 3. The molecule has 1 aromatic heterocycles. The van der Waals surface area contributed by atoms with E-state index in [4.69, 9.17) is 5.11 Å². The van der Waals surface area contributed by atoms with Gasteiger partial charge < -0.3 is 5.11 Å². The number of carbonyl (C=O) groups excluding carboxylic acids is 1. The summed E-state index contributed by atoms with van der Waals surface area (Å²) >= 11 is 1.27. The van der Waals surface area contributed by atoms with Crippen LogP contribution in [0.2, 0.25) is 0 Å². The fourth-order valence-electron chi connectivity index (χ4n) is 1.73. The summed E-state index contributed by atoms with van der Waals surface area (Å²) in [4.78, 5) is 16.8. The number of aliphatic hydroxyl groups excluding tert-OH is 1. The van der Waals surface area contributed by atoms with Crippen LogP contribution in [0, 0.1) is 0 Å². The second kappa shape index (κ2) is 5.73. The monoisotopic (exact) mass is 290 g/mol. The Kier molecular flexibility index (Phi) is 4.20. The van der Waals surface area contributed by atoms with Crippen LogP contribution in [0.5, 0.6) is 0 Å². The Labute approximate surface area is 122 Å². The number of nitrogens with zero attached hydrogens (tertiary/aromatic N) is 1. The molecule has 0 saturated heterocycles. The summed E-state index contributed by atoms with van der Waals surface area (Å²) in [5.74, 6) is -0.190. The average Bonchev–Trinajstić information content (AvgIpc) is 2.85. The highest BCUT2D eigenvalue weighted by Gasteiger charge is 2.14. The lowest BCUT2D eigenvalue weighted by molar-refractivity contribution is 0.102. The molecule has 0 radical (unpaired) electrons. The van der Waals surface area contributed by atoms with Crippen LogP contribution < -0.4 is 5.32 Å². The number of hydrogen-bond donors (Lipinski definition) is 2. The van der Waals surface area contributed by atoms with Crippen LogP contribution in [0.3, 0.4) is 0 Å². The zero-order chi connectivity index (χ0) is 14.8. The predicted octanol–water partition coefficient (Wildman–Crippen LogP) is 3.19. The molecule has 0 aliphatic rings. The topological polar surface area (TPSA) is 62.2 Å². The molecule has 2 aromatic rings. The fourth-order valence-corrected chi connectivity index (χ4v) is 2.40. The van der Waals surface area contributed by atoms with Gasteiger partial charge in [-0.05, 0) is 23.1 Å². The lowest BCUT2D eigenvalue weighted by Gasteiger charge is -2.18. The average molecular weight is 290 g/mol. The van der Waals surface area contributed by atoms with Crippen molar-refractivity contribution in [1.29, 1.82) is 0 Å². The van der Waals surface area contributed by atoms with E-state index in [9.17, 15) is 4.79 Å². The second-order valence-electron chi connectivity index (χ2n) is 5.57. The van der Waals surface area contributed by atoms with Crippen LogP contribution in [-0.2, 0) is 12.0 Å². The van der Waals surface area contributed by atoms with Crippen LogP contribution in [-0.4, -0.2) is 16.0 Å². The number of aromatic nitrogens is 1. The highest BCUT2D eigenvalue weighted by atomic mass is 32.1. The molecule has 4 nitrogen and oxygen atoms in total. The van der Waals surface area contributed by atoms with E-state index in [1.54, 1.807) is 6.20 Å². The zero-order valence-corrected chi connectivity index (χ0v) is 12.6. The van der Waals surface area contributed by atoms with Crippen molar-refractivity contribution in [2.45, 2.75) is 32.8 Å². The van der Waals surface area contributed by atoms with E-state index in [-0.39, 0.29) is 17.9 Å². The predicted molar refractivity (Wildman–Crippen MR) is 81.1 cm³/mol. The van der Waals surface area contributed by atoms with Gasteiger partial charge in [0.15, 0.2) is 5.13 Å². The number of amides is 1. The van der Waals surface area contributed by atoms with Gasteiger partial charge in [0.2, 0.25) is 0 Å². The molecule has 5 heteroatoms. The largest absolute Gasteiger partial charge is 0.391 e. The van der Waals surface area contributed by atoms with Gasteiger partial charge in [0.05, 0.1) is 11.5 Å². The van der Waals surface area contributed by atoms with Gasteiger partial charge >= 0.3 is 0 Å². The van der Waals surface area contributed by atoms with E-state index in [1.165, 1.54) is 16.9 Å². The summed E-state index contributed by atoms with van der Waals surface area (Å²) in [6, 6.07) is 7.57. The van der Waals surface area contributed by atoms with Crippen LogP contribution in [0.15, 0.2) is 30.5 Å². The summed E-state index contributed by atoms with van der Waals surface area (Å²) in [5.41, 5.74) is 1.85. The summed E-state index contributed by atoms with van der Waals surface area (Å²) in [6.45, 7) is 6.34. The number of carbonyl (C=O) groups is 1. The minimum absolute atomic E-state index is 0.0617. The highest BCUT2D eigenvalue weighted by Crippen LogP contribution is 2.23. The first-order valence-corrected chi connectivity index (χ1v) is 7.19. The third-order valence-corrected chi connectivity index (χ3v) is 3.84. The van der Waals surface area contributed by atoms with E-state index in [0.717, 1.165) is 4.88 Å². The molecule has 0 aliphatic carbocycles. The van der Waals surface area contributed by atoms with Crippen molar-refractivity contribution in [3.05, 3.63) is 46.5 Å². The van der Waals surface area contributed by atoms with Crippen molar-refractivity contribution in [3.8, 4) is 0 Å². The Balaban J connectivity index is 2.09. The van der Waals surface area contributed by atoms with E-state index in [2.05, 4.69) is 31.1 Å².